The number of carbonyl (C=O) groups is 1. The van der Waals surface area contributed by atoms with Crippen LogP contribution in [0.15, 0.2) is 47.1 Å². The molecule has 0 radical (unpaired) electrons. The number of thiophene rings is 1. The molecule has 0 saturated carbocycles. The molecule has 0 fully saturated rings. The van der Waals surface area contributed by atoms with E-state index in [1.54, 1.807) is 6.20 Å². The molecule has 20 heavy (non-hydrogen) atoms. The van der Waals surface area contributed by atoms with Gasteiger partial charge in [-0.05, 0) is 36.4 Å². The molecule has 0 atom stereocenters. The molecule has 0 bridgehead atoms. The van der Waals surface area contributed by atoms with E-state index in [0.29, 0.717) is 16.1 Å². The van der Waals surface area contributed by atoms with Gasteiger partial charge < -0.3 is 11.1 Å². The Morgan fingerprint density at radius 3 is 2.70 bits per heavy atom. The summed E-state index contributed by atoms with van der Waals surface area (Å²) in [5.74, 6) is -0.215. The quantitative estimate of drug-likeness (QED) is 0.738. The largest absolute Gasteiger partial charge is 0.396 e. The molecule has 4 nitrogen and oxygen atoms in total. The first-order valence-corrected chi connectivity index (χ1v) is 7.46. The molecule has 0 aliphatic carbocycles. The number of amides is 1. The Morgan fingerprint density at radius 2 is 2.00 bits per heavy atom. The number of halogens is 1. The molecule has 100 valence electrons. The van der Waals surface area contributed by atoms with Crippen LogP contribution in [0.4, 0.5) is 11.4 Å². The minimum atomic E-state index is -0.215. The van der Waals surface area contributed by atoms with Crippen LogP contribution < -0.4 is 11.1 Å². The van der Waals surface area contributed by atoms with Crippen molar-refractivity contribution in [2.24, 2.45) is 0 Å². The number of anilines is 2. The monoisotopic (exact) mass is 347 g/mol. The van der Waals surface area contributed by atoms with Gasteiger partial charge in [-0.2, -0.15) is 0 Å². The molecule has 6 heteroatoms. The maximum Gasteiger partial charge on any atom is 0.267 e. The van der Waals surface area contributed by atoms with Crippen molar-refractivity contribution in [2.75, 3.05) is 11.1 Å². The Balaban J connectivity index is 1.92. The highest BCUT2D eigenvalue weighted by Crippen LogP contribution is 2.32. The van der Waals surface area contributed by atoms with Crippen LogP contribution in [0.2, 0.25) is 0 Å². The average Bonchev–Trinajstić information content (AvgIpc) is 2.79. The van der Waals surface area contributed by atoms with Gasteiger partial charge in [-0.3, -0.25) is 9.78 Å². The summed E-state index contributed by atoms with van der Waals surface area (Å²) in [6.07, 6.45) is 1.67. The van der Waals surface area contributed by atoms with Crippen molar-refractivity contribution < 1.29 is 4.79 Å². The van der Waals surface area contributed by atoms with Gasteiger partial charge in [-0.1, -0.05) is 15.9 Å². The summed E-state index contributed by atoms with van der Waals surface area (Å²) >= 11 is 4.70. The van der Waals surface area contributed by atoms with E-state index >= 15 is 0 Å². The van der Waals surface area contributed by atoms with Crippen LogP contribution >= 0.6 is 27.3 Å². The second kappa shape index (κ2) is 5.22. The third kappa shape index (κ3) is 2.39. The highest BCUT2D eigenvalue weighted by Gasteiger charge is 2.17. The first-order valence-electron chi connectivity index (χ1n) is 5.85. The Hall–Kier alpha value is -1.92. The van der Waals surface area contributed by atoms with Gasteiger partial charge >= 0.3 is 0 Å². The summed E-state index contributed by atoms with van der Waals surface area (Å²) in [4.78, 5) is 17.0. The predicted octanol–water partition coefficient (Wildman–Crippen LogP) is 3.89. The number of pyridine rings is 1. The zero-order valence-corrected chi connectivity index (χ0v) is 12.7. The summed E-state index contributed by atoms with van der Waals surface area (Å²) in [6.45, 7) is 0. The van der Waals surface area contributed by atoms with Crippen LogP contribution in [0.5, 0.6) is 0 Å². The molecule has 0 saturated heterocycles. The fourth-order valence-corrected chi connectivity index (χ4v) is 3.08. The molecule has 2 aromatic heterocycles. The third-order valence-corrected chi connectivity index (χ3v) is 4.48. The van der Waals surface area contributed by atoms with E-state index in [1.807, 2.05) is 36.4 Å². The lowest BCUT2D eigenvalue weighted by Gasteiger charge is -2.04. The molecular formula is C14H10BrN3OS. The van der Waals surface area contributed by atoms with E-state index in [-0.39, 0.29) is 5.91 Å². The predicted molar refractivity (Wildman–Crippen MR) is 86.1 cm³/mol. The molecule has 1 amide bonds. The van der Waals surface area contributed by atoms with E-state index in [1.165, 1.54) is 11.3 Å². The van der Waals surface area contributed by atoms with Crippen LogP contribution in [-0.2, 0) is 0 Å². The van der Waals surface area contributed by atoms with Crippen molar-refractivity contribution in [3.63, 3.8) is 0 Å². The van der Waals surface area contributed by atoms with Gasteiger partial charge in [0, 0.05) is 16.4 Å². The zero-order valence-electron chi connectivity index (χ0n) is 10.3. The number of fused-ring (bicyclic) bond motifs is 1. The number of hydrogen-bond donors (Lipinski definition) is 2. The average molecular weight is 348 g/mol. The maximum atomic E-state index is 12.3. The number of aromatic nitrogens is 1. The van der Waals surface area contributed by atoms with E-state index < -0.39 is 0 Å². The number of nitrogens with one attached hydrogen (secondary N) is 1. The van der Waals surface area contributed by atoms with Crippen LogP contribution in [-0.4, -0.2) is 10.9 Å². The fourth-order valence-electron chi connectivity index (χ4n) is 1.84. The number of benzene rings is 1. The van der Waals surface area contributed by atoms with Gasteiger partial charge in [0.25, 0.3) is 5.91 Å². The van der Waals surface area contributed by atoms with Crippen molar-refractivity contribution in [2.45, 2.75) is 0 Å². The minimum Gasteiger partial charge on any atom is -0.396 e. The number of hydrogen-bond acceptors (Lipinski definition) is 4. The Morgan fingerprint density at radius 1 is 1.25 bits per heavy atom. The number of nitrogen functional groups attached to an aromatic ring is 1. The summed E-state index contributed by atoms with van der Waals surface area (Å²) < 4.78 is 1.87. The van der Waals surface area contributed by atoms with Crippen LogP contribution in [0.1, 0.15) is 9.67 Å². The van der Waals surface area contributed by atoms with Crippen molar-refractivity contribution in [3.8, 4) is 0 Å². The van der Waals surface area contributed by atoms with Crippen molar-refractivity contribution in [1.82, 2.24) is 4.98 Å². The van der Waals surface area contributed by atoms with Crippen LogP contribution in [0.25, 0.3) is 10.2 Å². The normalized spacial score (nSPS) is 10.7. The Bertz CT molecular complexity index is 783. The van der Waals surface area contributed by atoms with Gasteiger partial charge in [-0.15, -0.1) is 11.3 Å². The highest BCUT2D eigenvalue weighted by atomic mass is 79.9. The van der Waals surface area contributed by atoms with E-state index in [9.17, 15) is 4.79 Å². The van der Waals surface area contributed by atoms with Crippen molar-refractivity contribution >= 4 is 54.8 Å². The number of nitrogens with two attached hydrogens (primary N) is 1. The molecule has 0 spiro atoms. The topological polar surface area (TPSA) is 68.0 Å². The highest BCUT2D eigenvalue weighted by molar-refractivity contribution is 9.10. The lowest BCUT2D eigenvalue weighted by Crippen LogP contribution is -2.11. The summed E-state index contributed by atoms with van der Waals surface area (Å²) in [7, 11) is 0. The summed E-state index contributed by atoms with van der Waals surface area (Å²) in [6, 6.07) is 11.1. The first kappa shape index (κ1) is 13.1. The smallest absolute Gasteiger partial charge is 0.267 e. The zero-order chi connectivity index (χ0) is 14.1. The van der Waals surface area contributed by atoms with Gasteiger partial charge in [0.2, 0.25) is 0 Å². The van der Waals surface area contributed by atoms with Gasteiger partial charge in [-0.25, -0.2) is 0 Å². The Kier molecular flexibility index (Phi) is 3.42. The minimum absolute atomic E-state index is 0.215. The molecule has 3 rings (SSSR count). The fraction of sp³-hybridized carbons (Fsp3) is 0. The molecule has 2 heterocycles. The van der Waals surface area contributed by atoms with Crippen LogP contribution in [0.3, 0.4) is 0 Å². The van der Waals surface area contributed by atoms with E-state index in [4.69, 9.17) is 5.73 Å². The van der Waals surface area contributed by atoms with E-state index in [2.05, 4.69) is 26.2 Å². The summed E-state index contributed by atoms with van der Waals surface area (Å²) in [5, 5.41) is 2.83. The van der Waals surface area contributed by atoms with Crippen LogP contribution in [0, 0.1) is 0 Å². The van der Waals surface area contributed by atoms with Crippen molar-refractivity contribution in [1.29, 1.82) is 0 Å². The second-order valence-corrected chi connectivity index (χ2v) is 6.12. The first-order chi connectivity index (χ1) is 9.65. The van der Waals surface area contributed by atoms with Gasteiger partial charge in [0.1, 0.15) is 10.4 Å². The Labute approximate surface area is 127 Å². The molecule has 0 aliphatic heterocycles. The number of carbonyl (C=O) groups excluding carboxylic acids is 1. The second-order valence-electron chi connectivity index (χ2n) is 4.16. The lowest BCUT2D eigenvalue weighted by atomic mass is 10.3. The number of rotatable bonds is 2. The lowest BCUT2D eigenvalue weighted by molar-refractivity contribution is 0.103. The molecule has 3 N–H and O–H groups in total. The molecule has 3 aromatic rings. The van der Waals surface area contributed by atoms with Gasteiger partial charge in [0.05, 0.1) is 10.4 Å². The molecular weight excluding hydrogens is 338 g/mol. The van der Waals surface area contributed by atoms with E-state index in [0.717, 1.165) is 14.9 Å². The summed E-state index contributed by atoms with van der Waals surface area (Å²) in [5.41, 5.74) is 7.83. The number of nitrogens with zero attached hydrogens (tertiary/aromatic N) is 1. The maximum absolute atomic E-state index is 12.3. The van der Waals surface area contributed by atoms with Crippen molar-refractivity contribution in [3.05, 3.63) is 51.9 Å². The SMILES string of the molecule is Nc1c(C(=O)Nc2ccc(Br)cc2)sc2cccnc12. The molecule has 1 aromatic carbocycles. The molecule has 0 unspecified atom stereocenters. The molecule has 0 aliphatic rings. The standard InChI is InChI=1S/C14H10BrN3OS/c15-8-3-5-9(6-4-8)18-14(19)13-11(16)12-10(20-13)2-1-7-17-12/h1-7H,16H2,(H,18,19). The van der Waals surface area contributed by atoms with Gasteiger partial charge in [0.15, 0.2) is 0 Å². The third-order valence-electron chi connectivity index (χ3n) is 2.79.